The molecule has 0 aliphatic heterocycles. The lowest BCUT2D eigenvalue weighted by Gasteiger charge is -2.41. The van der Waals surface area contributed by atoms with Gasteiger partial charge in [-0.15, -0.1) is 0 Å². The van der Waals surface area contributed by atoms with Crippen molar-refractivity contribution in [3.8, 4) is 0 Å². The molecule has 0 N–H and O–H groups in total. The third kappa shape index (κ3) is 6.48. The molecule has 0 heterocycles. The van der Waals surface area contributed by atoms with Crippen LogP contribution >= 0.6 is 23.2 Å². The lowest BCUT2D eigenvalue weighted by molar-refractivity contribution is 0.732. The summed E-state index contributed by atoms with van der Waals surface area (Å²) in [4.78, 5) is 0. The molecule has 2 aromatic rings. The van der Waals surface area contributed by atoms with Crippen LogP contribution in [-0.2, 0) is 0 Å². The summed E-state index contributed by atoms with van der Waals surface area (Å²) in [5.41, 5.74) is 11.4. The molecule has 254 valence electrons. The molecule has 4 aliphatic rings. The lowest BCUT2D eigenvalue weighted by Crippen LogP contribution is -2.38. The summed E-state index contributed by atoms with van der Waals surface area (Å²) < 4.78 is 0. The Balaban J connectivity index is 1.43. The van der Waals surface area contributed by atoms with Gasteiger partial charge in [0.1, 0.15) is 0 Å². The zero-order chi connectivity index (χ0) is 35.5. The Morgan fingerprint density at radius 1 is 0.612 bits per heavy atom. The maximum absolute atomic E-state index is 7.00. The summed E-state index contributed by atoms with van der Waals surface area (Å²) in [5.74, 6) is 0.350. The van der Waals surface area contributed by atoms with E-state index in [0.717, 1.165) is 22.9 Å². The molecule has 5 heteroatoms. The molecule has 0 spiro atoms. The van der Waals surface area contributed by atoms with Crippen LogP contribution in [0.3, 0.4) is 0 Å². The predicted molar refractivity (Wildman–Crippen MR) is 224 cm³/mol. The fourth-order valence-corrected chi connectivity index (χ4v) is 16.0. The van der Waals surface area contributed by atoms with Crippen LogP contribution in [0.15, 0.2) is 131 Å². The van der Waals surface area contributed by atoms with Crippen LogP contribution in [0.1, 0.15) is 63.5 Å². The van der Waals surface area contributed by atoms with E-state index in [1.54, 1.807) is 0 Å². The van der Waals surface area contributed by atoms with Gasteiger partial charge in [0, 0.05) is 32.0 Å². The summed E-state index contributed by atoms with van der Waals surface area (Å²) in [6, 6.07) is 13.8. The lowest BCUT2D eigenvalue weighted by atomic mass is 9.87. The Morgan fingerprint density at radius 3 is 1.33 bits per heavy atom. The zero-order valence-electron chi connectivity index (χ0n) is 31.1. The van der Waals surface area contributed by atoms with E-state index in [1.165, 1.54) is 54.9 Å². The van der Waals surface area contributed by atoms with Crippen molar-refractivity contribution in [3.05, 3.63) is 152 Å². The van der Waals surface area contributed by atoms with Gasteiger partial charge in [0.2, 0.25) is 0 Å². The van der Waals surface area contributed by atoms with Crippen LogP contribution in [0.25, 0.3) is 0 Å². The molecule has 0 saturated carbocycles. The summed E-state index contributed by atoms with van der Waals surface area (Å²) >= 11 is 14.0. The van der Waals surface area contributed by atoms with E-state index in [1.807, 2.05) is 0 Å². The van der Waals surface area contributed by atoms with Crippen molar-refractivity contribution < 1.29 is 0 Å². The van der Waals surface area contributed by atoms with E-state index in [9.17, 15) is 0 Å². The molecule has 4 aliphatic carbocycles. The summed E-state index contributed by atoms with van der Waals surface area (Å²) in [6.45, 7) is 23.9. The van der Waals surface area contributed by atoms with Gasteiger partial charge in [0.05, 0.1) is 25.7 Å². The Morgan fingerprint density at radius 2 is 1.00 bits per heavy atom. The van der Waals surface area contributed by atoms with Crippen LogP contribution in [-0.4, -0.2) is 25.7 Å². The largest absolute Gasteiger partial charge is 0.0845 e. The molecule has 0 saturated heterocycles. The average Bonchev–Trinajstić information content (AvgIpc) is 3.22. The normalized spacial score (nSPS) is 26.5. The number of hydrogen-bond acceptors (Lipinski definition) is 0. The Labute approximate surface area is 311 Å². The zero-order valence-corrected chi connectivity index (χ0v) is 35.6. The standard InChI is InChI=1S/C44H52Cl2Si3/c1-11-31-27-35-33(29-21-23-41(39(45)25-29)48(5,6)7)17-13-15-19-37(35)43(31,3)47-44(4)32(12-2)28-36-34(18-14-16-20-38(36)44)30-22-24-42(40(46)26-30)49(8,9)10/h13-28,33-34H,11-12H2,1-10H3. The van der Waals surface area contributed by atoms with E-state index >= 15 is 0 Å². The molecule has 49 heavy (non-hydrogen) atoms. The minimum atomic E-state index is -1.53. The highest BCUT2D eigenvalue weighted by molar-refractivity contribution is 6.90. The molecule has 6 rings (SSSR count). The van der Waals surface area contributed by atoms with Crippen LogP contribution in [0, 0.1) is 0 Å². The van der Waals surface area contributed by atoms with Gasteiger partial charge in [0.15, 0.2) is 0 Å². The molecule has 4 unspecified atom stereocenters. The molecule has 0 nitrogen and oxygen atoms in total. The van der Waals surface area contributed by atoms with E-state index < -0.39 is 16.1 Å². The molecular formula is C44H52Cl2Si3. The first-order chi connectivity index (χ1) is 23.0. The van der Waals surface area contributed by atoms with Gasteiger partial charge in [-0.1, -0.05) is 186 Å². The van der Waals surface area contributed by atoms with Crippen molar-refractivity contribution in [2.45, 2.75) is 102 Å². The summed E-state index contributed by atoms with van der Waals surface area (Å²) in [5, 5.41) is 4.35. The minimum absolute atomic E-state index is 0.0796. The highest BCUT2D eigenvalue weighted by Crippen LogP contribution is 2.63. The van der Waals surface area contributed by atoms with Crippen LogP contribution < -0.4 is 10.4 Å². The first-order valence-corrected chi connectivity index (χ1v) is 26.8. The molecule has 2 radical (unpaired) electrons. The molecule has 0 amide bonds. The van der Waals surface area contributed by atoms with Crippen molar-refractivity contribution in [2.75, 3.05) is 0 Å². The van der Waals surface area contributed by atoms with Gasteiger partial charge < -0.3 is 0 Å². The monoisotopic (exact) mass is 734 g/mol. The average molecular weight is 736 g/mol. The number of halogens is 2. The molecule has 2 aromatic carbocycles. The molecule has 0 aromatic heterocycles. The summed E-state index contributed by atoms with van der Waals surface area (Å²) in [7, 11) is -2.41. The van der Waals surface area contributed by atoms with Gasteiger partial charge >= 0.3 is 0 Å². The SMILES string of the molecule is CCC1=CC2=C(C=CC=CC2c2ccc([Si](C)(C)C)c(Cl)c2)C1(C)[Si]C1(C)C(CC)=CC2=C1C=CC=CC2c1ccc([Si](C)(C)C)c(Cl)c1. The number of rotatable bonds is 8. The number of allylic oxidation sites excluding steroid dienone is 16. The second-order valence-electron chi connectivity index (χ2n) is 16.6. The van der Waals surface area contributed by atoms with Gasteiger partial charge in [-0.25, -0.2) is 0 Å². The topological polar surface area (TPSA) is 0 Å². The van der Waals surface area contributed by atoms with Gasteiger partial charge in [-0.2, -0.15) is 0 Å². The first-order valence-electron chi connectivity index (χ1n) is 18.0. The third-order valence-corrected chi connectivity index (χ3v) is 18.5. The summed E-state index contributed by atoms with van der Waals surface area (Å²) in [6.07, 6.45) is 25.7. The van der Waals surface area contributed by atoms with Gasteiger partial charge in [-0.05, 0) is 68.8 Å². The fourth-order valence-electron chi connectivity index (χ4n) is 8.60. The second-order valence-corrected chi connectivity index (χ2v) is 29.7. The van der Waals surface area contributed by atoms with Crippen LogP contribution in [0.2, 0.25) is 59.4 Å². The van der Waals surface area contributed by atoms with Gasteiger partial charge in [0.25, 0.3) is 0 Å². The van der Waals surface area contributed by atoms with Crippen molar-refractivity contribution in [1.82, 2.24) is 0 Å². The van der Waals surface area contributed by atoms with E-state index in [2.05, 4.69) is 164 Å². The Hall–Kier alpha value is -2.41. The van der Waals surface area contributed by atoms with E-state index in [4.69, 9.17) is 23.2 Å². The number of benzene rings is 2. The highest BCUT2D eigenvalue weighted by Gasteiger charge is 2.49. The maximum atomic E-state index is 7.00. The quantitative estimate of drug-likeness (QED) is 0.237. The van der Waals surface area contributed by atoms with Gasteiger partial charge in [-0.3, -0.25) is 0 Å². The van der Waals surface area contributed by atoms with Crippen LogP contribution in [0.4, 0.5) is 0 Å². The molecular weight excluding hydrogens is 684 g/mol. The number of hydrogen-bond donors (Lipinski definition) is 0. The van der Waals surface area contributed by atoms with E-state index in [-0.39, 0.29) is 21.9 Å². The van der Waals surface area contributed by atoms with Crippen LogP contribution in [0.5, 0.6) is 0 Å². The van der Waals surface area contributed by atoms with E-state index in [0.29, 0.717) is 9.52 Å². The smallest absolute Gasteiger partial charge is 0.0795 e. The fraction of sp³-hybridized carbons (Fsp3) is 0.364. The van der Waals surface area contributed by atoms with Crippen molar-refractivity contribution in [1.29, 1.82) is 0 Å². The highest BCUT2D eigenvalue weighted by atomic mass is 35.5. The minimum Gasteiger partial charge on any atom is -0.0845 e. The second kappa shape index (κ2) is 13.3. The molecule has 4 atom stereocenters. The molecule has 0 bridgehead atoms. The van der Waals surface area contributed by atoms with Crippen molar-refractivity contribution >= 4 is 59.2 Å². The maximum Gasteiger partial charge on any atom is 0.0795 e. The van der Waals surface area contributed by atoms with Crippen molar-refractivity contribution in [3.63, 3.8) is 0 Å². The van der Waals surface area contributed by atoms with Crippen molar-refractivity contribution in [2.24, 2.45) is 0 Å². The Kier molecular flexibility index (Phi) is 9.87. The first kappa shape index (κ1) is 36.4. The third-order valence-electron chi connectivity index (χ3n) is 11.3. The Bertz CT molecular complexity index is 1790. The molecule has 0 fully saturated rings. The predicted octanol–water partition coefficient (Wildman–Crippen LogP) is 12.6.